The molecule has 0 aliphatic carbocycles. The molecule has 1 atom stereocenters. The highest BCUT2D eigenvalue weighted by Gasteiger charge is 2.14. The Kier molecular flexibility index (Phi) is 5.04. The summed E-state index contributed by atoms with van der Waals surface area (Å²) in [6, 6.07) is 13.7. The van der Waals surface area contributed by atoms with E-state index in [0.717, 1.165) is 39.3 Å². The average Bonchev–Trinajstić information content (AvgIpc) is 3.10. The van der Waals surface area contributed by atoms with Crippen molar-refractivity contribution in [3.63, 3.8) is 0 Å². The molecule has 1 amide bonds. The molecule has 6 nitrogen and oxygen atoms in total. The van der Waals surface area contributed by atoms with Crippen LogP contribution in [-0.4, -0.2) is 23.0 Å². The number of H-pyrrole nitrogens is 1. The molecule has 0 saturated carbocycles. The molecule has 0 spiro atoms. The molecule has 0 saturated heterocycles. The van der Waals surface area contributed by atoms with E-state index in [2.05, 4.69) is 22.0 Å². The molecule has 6 heteroatoms. The third-order valence-electron chi connectivity index (χ3n) is 4.46. The summed E-state index contributed by atoms with van der Waals surface area (Å²) >= 11 is 0. The Morgan fingerprint density at radius 3 is 2.69 bits per heavy atom. The molecule has 1 heterocycles. The van der Waals surface area contributed by atoms with Gasteiger partial charge in [-0.2, -0.15) is 0 Å². The van der Waals surface area contributed by atoms with Gasteiger partial charge in [0.1, 0.15) is 11.6 Å². The lowest BCUT2D eigenvalue weighted by Gasteiger charge is -2.14. The quantitative estimate of drug-likeness (QED) is 0.361. The number of nitrogens with one attached hydrogen (secondary N) is 2. The van der Waals surface area contributed by atoms with Crippen molar-refractivity contribution in [1.29, 1.82) is 0 Å². The van der Waals surface area contributed by atoms with Gasteiger partial charge < -0.3 is 9.72 Å². The van der Waals surface area contributed by atoms with Crippen LogP contribution >= 0.6 is 0 Å². The van der Waals surface area contributed by atoms with Gasteiger partial charge in [-0.15, -0.1) is 0 Å². The first kappa shape index (κ1) is 17.7. The van der Waals surface area contributed by atoms with Crippen LogP contribution in [0.5, 0.6) is 5.75 Å². The number of hydrogen-bond acceptors (Lipinski definition) is 4. The maximum absolute atomic E-state index is 11.5. The molecule has 0 radical (unpaired) electrons. The molecule has 0 aliphatic heterocycles. The summed E-state index contributed by atoms with van der Waals surface area (Å²) in [6.07, 6.45) is 0.299. The minimum Gasteiger partial charge on any atom is -0.497 e. The lowest BCUT2D eigenvalue weighted by Crippen LogP contribution is -2.31. The Labute approximate surface area is 152 Å². The molecule has 134 valence electrons. The number of fused-ring (bicyclic) bond motifs is 1. The fourth-order valence-corrected chi connectivity index (χ4v) is 2.84. The van der Waals surface area contributed by atoms with Crippen molar-refractivity contribution < 1.29 is 9.53 Å². The fraction of sp³-hybridized carbons (Fsp3) is 0.200. The number of amides is 1. The van der Waals surface area contributed by atoms with Crippen molar-refractivity contribution in [1.82, 2.24) is 15.4 Å². The number of aromatic amines is 1. The van der Waals surface area contributed by atoms with E-state index < -0.39 is 0 Å². The molecule has 1 aromatic heterocycles. The number of hydrazine groups is 1. The van der Waals surface area contributed by atoms with Crippen molar-refractivity contribution in [2.24, 2.45) is 11.8 Å². The van der Waals surface area contributed by atoms with Crippen LogP contribution in [0, 0.1) is 5.92 Å². The first-order valence-electron chi connectivity index (χ1n) is 8.34. The summed E-state index contributed by atoms with van der Waals surface area (Å²) in [5.74, 6) is 6.54. The Bertz CT molecular complexity index is 944. The third-order valence-corrected chi connectivity index (χ3v) is 4.46. The first-order valence-corrected chi connectivity index (χ1v) is 8.34. The summed E-state index contributed by atoms with van der Waals surface area (Å²) in [4.78, 5) is 19.5. The number of nitrogens with zero attached hydrogens (tertiary/aromatic N) is 1. The predicted molar refractivity (Wildman–Crippen MR) is 103 cm³/mol. The lowest BCUT2D eigenvalue weighted by atomic mass is 9.92. The van der Waals surface area contributed by atoms with Crippen LogP contribution in [0.1, 0.15) is 18.9 Å². The van der Waals surface area contributed by atoms with Crippen LogP contribution in [-0.2, 0) is 4.79 Å². The van der Waals surface area contributed by atoms with Crippen molar-refractivity contribution in [3.8, 4) is 17.1 Å². The second kappa shape index (κ2) is 7.41. The van der Waals surface area contributed by atoms with Crippen molar-refractivity contribution in [2.75, 3.05) is 7.11 Å². The summed E-state index contributed by atoms with van der Waals surface area (Å²) < 4.78 is 5.19. The van der Waals surface area contributed by atoms with E-state index in [-0.39, 0.29) is 11.8 Å². The number of benzene rings is 2. The Morgan fingerprint density at radius 1 is 1.31 bits per heavy atom. The van der Waals surface area contributed by atoms with Crippen LogP contribution in [0.4, 0.5) is 0 Å². The number of aromatic nitrogens is 2. The molecule has 0 fully saturated rings. The molecule has 2 aromatic carbocycles. The Balaban J connectivity index is 1.87. The van der Waals surface area contributed by atoms with Gasteiger partial charge in [-0.25, -0.2) is 10.8 Å². The van der Waals surface area contributed by atoms with Crippen LogP contribution in [0.25, 0.3) is 28.0 Å². The van der Waals surface area contributed by atoms with Crippen molar-refractivity contribution in [3.05, 3.63) is 54.6 Å². The van der Waals surface area contributed by atoms with Crippen LogP contribution in [0.15, 0.2) is 49.0 Å². The highest BCUT2D eigenvalue weighted by atomic mass is 16.5. The van der Waals surface area contributed by atoms with Gasteiger partial charge in [0.05, 0.1) is 18.1 Å². The zero-order valence-corrected chi connectivity index (χ0v) is 14.9. The predicted octanol–water partition coefficient (Wildman–Crippen LogP) is 3.27. The maximum atomic E-state index is 11.5. The number of methoxy groups -OCH3 is 1. The first-order chi connectivity index (χ1) is 12.5. The Hall–Kier alpha value is -3.12. The highest BCUT2D eigenvalue weighted by molar-refractivity contribution is 5.85. The average molecular weight is 350 g/mol. The second-order valence-corrected chi connectivity index (χ2v) is 6.24. The number of hydrogen-bond donors (Lipinski definition) is 3. The van der Waals surface area contributed by atoms with Gasteiger partial charge >= 0.3 is 0 Å². The van der Waals surface area contributed by atoms with E-state index in [1.807, 2.05) is 49.4 Å². The summed E-state index contributed by atoms with van der Waals surface area (Å²) in [6.45, 7) is 6.09. The number of imidazole rings is 1. The normalized spacial score (nSPS) is 12.0. The molecule has 3 rings (SSSR count). The van der Waals surface area contributed by atoms with Crippen LogP contribution < -0.4 is 16.0 Å². The smallest absolute Gasteiger partial charge is 0.234 e. The highest BCUT2D eigenvalue weighted by Crippen LogP contribution is 2.28. The molecular formula is C20H22N4O2. The SMILES string of the molecule is C=C(c1ccc2nc(-c3ccc(OC)cc3)[nH]c2c1)C(C)CC(=O)NN. The van der Waals surface area contributed by atoms with Gasteiger partial charge in [0, 0.05) is 12.0 Å². The number of nitrogens with two attached hydrogens (primary N) is 1. The minimum absolute atomic E-state index is 0.0139. The van der Waals surface area contributed by atoms with Gasteiger partial charge in [0.15, 0.2) is 0 Å². The van der Waals surface area contributed by atoms with Crippen molar-refractivity contribution in [2.45, 2.75) is 13.3 Å². The monoisotopic (exact) mass is 350 g/mol. The maximum Gasteiger partial charge on any atom is 0.234 e. The number of carbonyl (C=O) groups excluding carboxylic acids is 1. The summed E-state index contributed by atoms with van der Waals surface area (Å²) in [5, 5.41) is 0. The van der Waals surface area contributed by atoms with E-state index in [0.29, 0.717) is 6.42 Å². The Morgan fingerprint density at radius 2 is 2.04 bits per heavy atom. The fourth-order valence-electron chi connectivity index (χ4n) is 2.84. The van der Waals surface area contributed by atoms with Crippen molar-refractivity contribution >= 4 is 22.5 Å². The van der Waals surface area contributed by atoms with Gasteiger partial charge in [-0.1, -0.05) is 19.6 Å². The molecule has 4 N–H and O–H groups in total. The van der Waals surface area contributed by atoms with E-state index >= 15 is 0 Å². The van der Waals surface area contributed by atoms with Crippen LogP contribution in [0.2, 0.25) is 0 Å². The number of carbonyl (C=O) groups is 1. The molecule has 1 unspecified atom stereocenters. The summed E-state index contributed by atoms with van der Waals surface area (Å²) in [7, 11) is 1.64. The second-order valence-electron chi connectivity index (χ2n) is 6.24. The number of rotatable bonds is 6. The molecule has 0 bridgehead atoms. The zero-order chi connectivity index (χ0) is 18.7. The van der Waals surface area contributed by atoms with E-state index in [4.69, 9.17) is 10.6 Å². The van der Waals surface area contributed by atoms with Crippen LogP contribution in [0.3, 0.4) is 0 Å². The van der Waals surface area contributed by atoms with Gasteiger partial charge in [0.25, 0.3) is 0 Å². The standard InChI is InChI=1S/C20H22N4O2/c1-12(10-19(25)24-21)13(2)15-6-9-17-18(11-15)23-20(22-17)14-4-7-16(26-3)8-5-14/h4-9,11-12H,2,10,21H2,1,3H3,(H,22,23)(H,24,25). The lowest BCUT2D eigenvalue weighted by molar-refractivity contribution is -0.121. The largest absolute Gasteiger partial charge is 0.497 e. The van der Waals surface area contributed by atoms with E-state index in [1.54, 1.807) is 7.11 Å². The molecular weight excluding hydrogens is 328 g/mol. The minimum atomic E-state index is -0.205. The third kappa shape index (κ3) is 3.60. The number of ether oxygens (including phenoxy) is 1. The van der Waals surface area contributed by atoms with Gasteiger partial charge in [-0.3, -0.25) is 10.2 Å². The molecule has 0 aliphatic rings. The number of allylic oxidation sites excluding steroid dienone is 1. The summed E-state index contributed by atoms with van der Waals surface area (Å²) in [5.41, 5.74) is 6.79. The zero-order valence-electron chi connectivity index (χ0n) is 14.9. The van der Waals surface area contributed by atoms with E-state index in [9.17, 15) is 4.79 Å². The van der Waals surface area contributed by atoms with E-state index in [1.165, 1.54) is 0 Å². The topological polar surface area (TPSA) is 93.0 Å². The molecule has 3 aromatic rings. The van der Waals surface area contributed by atoms with Gasteiger partial charge in [-0.05, 0) is 53.5 Å². The molecule has 26 heavy (non-hydrogen) atoms. The van der Waals surface area contributed by atoms with Gasteiger partial charge in [0.2, 0.25) is 5.91 Å².